The van der Waals surface area contributed by atoms with E-state index in [0.29, 0.717) is 10.8 Å². The van der Waals surface area contributed by atoms with E-state index < -0.39 is 0 Å². The summed E-state index contributed by atoms with van der Waals surface area (Å²) >= 11 is 0. The van der Waals surface area contributed by atoms with E-state index in [1.54, 1.807) is 25.1 Å². The summed E-state index contributed by atoms with van der Waals surface area (Å²) in [6.07, 6.45) is 0. The molecule has 0 spiro atoms. The quantitative estimate of drug-likeness (QED) is 0.709. The summed E-state index contributed by atoms with van der Waals surface area (Å²) in [5.41, 5.74) is 1.05. The molecule has 0 unspecified atom stereocenters. The van der Waals surface area contributed by atoms with Crippen molar-refractivity contribution < 1.29 is 0 Å². The first kappa shape index (κ1) is 12.1. The Bertz CT molecular complexity index is 865. The van der Waals surface area contributed by atoms with Crippen LogP contribution in [0.2, 0.25) is 0 Å². The van der Waals surface area contributed by atoms with E-state index in [0.717, 1.165) is 5.56 Å². The van der Waals surface area contributed by atoms with Crippen LogP contribution in [0.3, 0.4) is 0 Å². The van der Waals surface area contributed by atoms with Gasteiger partial charge in [0.25, 0.3) is 0 Å². The smallest absolute Gasteiger partial charge is 0.102 e. The van der Waals surface area contributed by atoms with Crippen molar-refractivity contribution in [1.82, 2.24) is 0 Å². The van der Waals surface area contributed by atoms with Crippen LogP contribution in [0.1, 0.15) is 27.8 Å². The standard InChI is InChI=1S/C15H6N4/c1-9-3-2-4-10-11(5-16)12(6-17)13(7-18)14(8-19)15(9)10/h2-4H,1H3. The van der Waals surface area contributed by atoms with Gasteiger partial charge in [-0.1, -0.05) is 18.2 Å². The van der Waals surface area contributed by atoms with Crippen LogP contribution in [0.5, 0.6) is 0 Å². The molecule has 0 aromatic heterocycles. The highest BCUT2D eigenvalue weighted by atomic mass is 14.3. The van der Waals surface area contributed by atoms with Crippen LogP contribution in [0.15, 0.2) is 18.2 Å². The molecule has 0 N–H and O–H groups in total. The largest absolute Gasteiger partial charge is 0.192 e. The Hall–Kier alpha value is -3.34. The summed E-state index contributed by atoms with van der Waals surface area (Å²) in [7, 11) is 0. The summed E-state index contributed by atoms with van der Waals surface area (Å²) in [6.45, 7) is 1.80. The van der Waals surface area contributed by atoms with Crippen LogP contribution in [0, 0.1) is 52.2 Å². The van der Waals surface area contributed by atoms with Gasteiger partial charge in [-0.3, -0.25) is 0 Å². The fourth-order valence-corrected chi connectivity index (χ4v) is 2.17. The van der Waals surface area contributed by atoms with Gasteiger partial charge in [-0.15, -0.1) is 0 Å². The molecule has 0 radical (unpaired) electrons. The van der Waals surface area contributed by atoms with E-state index in [4.69, 9.17) is 5.26 Å². The number of hydrogen-bond donors (Lipinski definition) is 0. The summed E-state index contributed by atoms with van der Waals surface area (Å²) in [6, 6.07) is 12.9. The number of fused-ring (bicyclic) bond motifs is 1. The highest BCUT2D eigenvalue weighted by molar-refractivity contribution is 5.98. The van der Waals surface area contributed by atoms with Crippen LogP contribution in [-0.4, -0.2) is 0 Å². The third-order valence-corrected chi connectivity index (χ3v) is 2.99. The molecule has 0 bridgehead atoms. The Morgan fingerprint density at radius 3 is 1.79 bits per heavy atom. The molecule has 0 heterocycles. The minimum absolute atomic E-state index is 0.0247. The van der Waals surface area contributed by atoms with Gasteiger partial charge in [-0.2, -0.15) is 21.0 Å². The average molecular weight is 242 g/mol. The van der Waals surface area contributed by atoms with Gasteiger partial charge in [-0.25, -0.2) is 0 Å². The van der Waals surface area contributed by atoms with Crippen molar-refractivity contribution in [3.8, 4) is 24.3 Å². The van der Waals surface area contributed by atoms with Crippen molar-refractivity contribution in [2.24, 2.45) is 0 Å². The summed E-state index contributed by atoms with van der Waals surface area (Å²) in [4.78, 5) is 0. The lowest BCUT2D eigenvalue weighted by atomic mass is 9.89. The van der Waals surface area contributed by atoms with Crippen LogP contribution in [0.4, 0.5) is 0 Å². The van der Waals surface area contributed by atoms with E-state index in [1.165, 1.54) is 0 Å². The van der Waals surface area contributed by atoms with E-state index in [1.807, 2.05) is 24.3 Å². The van der Waals surface area contributed by atoms with E-state index in [9.17, 15) is 15.8 Å². The molecule has 0 fully saturated rings. The second kappa shape index (κ2) is 4.50. The molecule has 0 saturated heterocycles. The zero-order valence-corrected chi connectivity index (χ0v) is 10.0. The maximum atomic E-state index is 9.26. The molecule has 19 heavy (non-hydrogen) atoms. The minimum atomic E-state index is -0.0281. The SMILES string of the molecule is Cc1cccc2c(C#N)c(C#N)c(C#N)c(C#N)c12. The van der Waals surface area contributed by atoms with Crippen molar-refractivity contribution in [3.63, 3.8) is 0 Å². The molecule has 4 nitrogen and oxygen atoms in total. The number of benzene rings is 2. The van der Waals surface area contributed by atoms with E-state index in [-0.39, 0.29) is 22.3 Å². The molecule has 0 amide bonds. The second-order valence-corrected chi connectivity index (χ2v) is 3.94. The highest BCUT2D eigenvalue weighted by Gasteiger charge is 2.20. The van der Waals surface area contributed by atoms with Gasteiger partial charge < -0.3 is 0 Å². The molecular weight excluding hydrogens is 236 g/mol. The first-order valence-electron chi connectivity index (χ1n) is 5.39. The molecule has 2 rings (SSSR count). The predicted molar refractivity (Wildman–Crippen MR) is 67.5 cm³/mol. The summed E-state index contributed by atoms with van der Waals surface area (Å²) in [5, 5.41) is 37.9. The fraction of sp³-hybridized carbons (Fsp3) is 0.0667. The van der Waals surface area contributed by atoms with Crippen LogP contribution < -0.4 is 0 Å². The Labute approximate surface area is 110 Å². The van der Waals surface area contributed by atoms with Crippen molar-refractivity contribution >= 4 is 10.8 Å². The highest BCUT2D eigenvalue weighted by Crippen LogP contribution is 2.31. The maximum absolute atomic E-state index is 9.26. The van der Waals surface area contributed by atoms with Gasteiger partial charge in [-0.05, 0) is 12.5 Å². The van der Waals surface area contributed by atoms with Gasteiger partial charge in [0.1, 0.15) is 24.3 Å². The van der Waals surface area contributed by atoms with Crippen molar-refractivity contribution in [2.75, 3.05) is 0 Å². The molecular formula is C15H6N4. The summed E-state index contributed by atoms with van der Waals surface area (Å²) in [5.74, 6) is 0. The lowest BCUT2D eigenvalue weighted by Crippen LogP contribution is -1.98. The number of rotatable bonds is 0. The van der Waals surface area contributed by atoms with Gasteiger partial charge in [0.05, 0.1) is 22.3 Å². The molecule has 4 heteroatoms. The number of nitriles is 4. The number of hydrogen-bond acceptors (Lipinski definition) is 4. The Morgan fingerprint density at radius 2 is 1.26 bits per heavy atom. The molecule has 0 aliphatic heterocycles. The van der Waals surface area contributed by atoms with Gasteiger partial charge in [0, 0.05) is 10.8 Å². The topological polar surface area (TPSA) is 95.2 Å². The molecule has 0 atom stereocenters. The van der Waals surface area contributed by atoms with Crippen LogP contribution in [0.25, 0.3) is 10.8 Å². The lowest BCUT2D eigenvalue weighted by Gasteiger charge is -2.09. The average Bonchev–Trinajstić information content (AvgIpc) is 2.44. The molecule has 0 aliphatic rings. The van der Waals surface area contributed by atoms with Gasteiger partial charge in [0.2, 0.25) is 0 Å². The zero-order chi connectivity index (χ0) is 14.0. The molecule has 0 saturated carbocycles. The zero-order valence-electron chi connectivity index (χ0n) is 10.0. The van der Waals surface area contributed by atoms with Gasteiger partial charge >= 0.3 is 0 Å². The monoisotopic (exact) mass is 242 g/mol. The van der Waals surface area contributed by atoms with E-state index in [2.05, 4.69) is 0 Å². The Balaban J connectivity index is 3.27. The third kappa shape index (κ3) is 1.57. The first-order chi connectivity index (χ1) is 9.19. The molecule has 86 valence electrons. The van der Waals surface area contributed by atoms with Crippen LogP contribution >= 0.6 is 0 Å². The van der Waals surface area contributed by atoms with Crippen molar-refractivity contribution in [2.45, 2.75) is 6.92 Å². The van der Waals surface area contributed by atoms with Crippen molar-refractivity contribution in [1.29, 1.82) is 21.0 Å². The fourth-order valence-electron chi connectivity index (χ4n) is 2.17. The van der Waals surface area contributed by atoms with E-state index >= 15 is 0 Å². The predicted octanol–water partition coefficient (Wildman–Crippen LogP) is 2.63. The third-order valence-electron chi connectivity index (χ3n) is 2.99. The number of aryl methyl sites for hydroxylation is 1. The van der Waals surface area contributed by atoms with Crippen molar-refractivity contribution in [3.05, 3.63) is 46.0 Å². The second-order valence-electron chi connectivity index (χ2n) is 3.94. The maximum Gasteiger partial charge on any atom is 0.102 e. The van der Waals surface area contributed by atoms with Gasteiger partial charge in [0.15, 0.2) is 0 Å². The summed E-state index contributed by atoms with van der Waals surface area (Å²) < 4.78 is 0. The first-order valence-corrected chi connectivity index (χ1v) is 5.39. The molecule has 2 aromatic rings. The number of nitrogens with zero attached hydrogens (tertiary/aromatic N) is 4. The molecule has 0 aliphatic carbocycles. The van der Waals surface area contributed by atoms with Crippen LogP contribution in [-0.2, 0) is 0 Å². The normalized spacial score (nSPS) is 9.11. The lowest BCUT2D eigenvalue weighted by molar-refractivity contribution is 1.38. The Kier molecular flexibility index (Phi) is 2.87. The minimum Gasteiger partial charge on any atom is -0.192 e. The molecule has 2 aromatic carbocycles. The Morgan fingerprint density at radius 1 is 0.737 bits per heavy atom.